The molecule has 0 spiro atoms. The Kier molecular flexibility index (Phi) is 5.62. The third-order valence-electron chi connectivity index (χ3n) is 3.31. The Morgan fingerprint density at radius 2 is 2.11 bits per heavy atom. The van der Waals surface area contributed by atoms with E-state index in [1.807, 2.05) is 6.07 Å². The van der Waals surface area contributed by atoms with Gasteiger partial charge in [-0.3, -0.25) is 0 Å². The second-order valence-electron chi connectivity index (χ2n) is 4.70. The van der Waals surface area contributed by atoms with E-state index in [9.17, 15) is 0 Å². The summed E-state index contributed by atoms with van der Waals surface area (Å²) in [6.45, 7) is 0.884. The van der Waals surface area contributed by atoms with Crippen molar-refractivity contribution in [2.75, 3.05) is 6.61 Å². The molecule has 100 valence electrons. The van der Waals surface area contributed by atoms with Crippen molar-refractivity contribution in [3.8, 4) is 0 Å². The van der Waals surface area contributed by atoms with Gasteiger partial charge in [-0.05, 0) is 55.9 Å². The van der Waals surface area contributed by atoms with Gasteiger partial charge in [0.05, 0.1) is 11.5 Å². The summed E-state index contributed by atoms with van der Waals surface area (Å²) in [4.78, 5) is 0. The van der Waals surface area contributed by atoms with E-state index in [0.717, 1.165) is 31.4 Å². The molecule has 1 aromatic rings. The predicted molar refractivity (Wildman–Crippen MR) is 77.9 cm³/mol. The van der Waals surface area contributed by atoms with Gasteiger partial charge in [0, 0.05) is 16.7 Å². The minimum Gasteiger partial charge on any atom is -0.378 e. The second-order valence-corrected chi connectivity index (χ2v) is 6.07. The highest BCUT2D eigenvalue weighted by molar-refractivity contribution is 6.34. The van der Waals surface area contributed by atoms with Crippen molar-refractivity contribution in [2.45, 2.75) is 43.6 Å². The molecule has 1 saturated heterocycles. The predicted octanol–water partition coefficient (Wildman–Crippen LogP) is 5.62. The Balaban J connectivity index is 1.90. The first-order chi connectivity index (χ1) is 8.66. The number of rotatable bonds is 4. The average molecular weight is 308 g/mol. The first-order valence-electron chi connectivity index (χ1n) is 6.37. The van der Waals surface area contributed by atoms with Crippen molar-refractivity contribution < 1.29 is 4.74 Å². The van der Waals surface area contributed by atoms with Crippen molar-refractivity contribution in [1.82, 2.24) is 0 Å². The Bertz CT molecular complexity index is 389. The maximum Gasteiger partial charge on any atom is 0.0601 e. The van der Waals surface area contributed by atoms with Crippen molar-refractivity contribution in [3.05, 3.63) is 33.8 Å². The van der Waals surface area contributed by atoms with Crippen LogP contribution in [-0.4, -0.2) is 12.7 Å². The molecule has 1 aromatic carbocycles. The molecular formula is C14H17Cl3O. The number of hydrogen-bond acceptors (Lipinski definition) is 1. The maximum atomic E-state index is 6.40. The Hall–Kier alpha value is 0.0500. The Labute approximate surface area is 123 Å². The molecule has 1 aliphatic rings. The molecule has 1 aliphatic heterocycles. The van der Waals surface area contributed by atoms with Crippen LogP contribution in [-0.2, 0) is 4.74 Å². The van der Waals surface area contributed by atoms with Crippen LogP contribution < -0.4 is 0 Å². The minimum atomic E-state index is -0.0956. The van der Waals surface area contributed by atoms with Crippen molar-refractivity contribution in [2.24, 2.45) is 0 Å². The van der Waals surface area contributed by atoms with Crippen molar-refractivity contribution in [1.29, 1.82) is 0 Å². The van der Waals surface area contributed by atoms with Gasteiger partial charge in [-0.15, -0.1) is 11.6 Å². The van der Waals surface area contributed by atoms with Gasteiger partial charge in [-0.2, -0.15) is 0 Å². The van der Waals surface area contributed by atoms with Crippen LogP contribution in [0.25, 0.3) is 0 Å². The van der Waals surface area contributed by atoms with Crippen molar-refractivity contribution in [3.63, 3.8) is 0 Å². The molecule has 2 atom stereocenters. The lowest BCUT2D eigenvalue weighted by Crippen LogP contribution is -2.19. The lowest BCUT2D eigenvalue weighted by molar-refractivity contribution is 0.0100. The number of halogens is 3. The summed E-state index contributed by atoms with van der Waals surface area (Å²) in [5, 5.41) is 1.26. The van der Waals surface area contributed by atoms with Gasteiger partial charge in [0.25, 0.3) is 0 Å². The molecular weight excluding hydrogens is 291 g/mol. The van der Waals surface area contributed by atoms with Gasteiger partial charge >= 0.3 is 0 Å². The third kappa shape index (κ3) is 4.03. The fourth-order valence-corrected chi connectivity index (χ4v) is 3.07. The topological polar surface area (TPSA) is 9.23 Å². The van der Waals surface area contributed by atoms with Crippen LogP contribution in [0.1, 0.15) is 43.0 Å². The normalized spacial score (nSPS) is 21.8. The molecule has 0 bridgehead atoms. The Morgan fingerprint density at radius 3 is 2.83 bits per heavy atom. The molecule has 1 heterocycles. The Morgan fingerprint density at radius 1 is 1.28 bits per heavy atom. The molecule has 4 heteroatoms. The van der Waals surface area contributed by atoms with E-state index in [-0.39, 0.29) is 5.38 Å². The van der Waals surface area contributed by atoms with Gasteiger partial charge in [0.2, 0.25) is 0 Å². The van der Waals surface area contributed by atoms with Crippen LogP contribution in [0.5, 0.6) is 0 Å². The summed E-state index contributed by atoms with van der Waals surface area (Å²) in [6, 6.07) is 5.43. The lowest BCUT2D eigenvalue weighted by atomic mass is 10.0. The summed E-state index contributed by atoms with van der Waals surface area (Å²) >= 11 is 18.5. The second kappa shape index (κ2) is 7.00. The van der Waals surface area contributed by atoms with Crippen LogP contribution in [0.4, 0.5) is 0 Å². The zero-order valence-corrected chi connectivity index (χ0v) is 12.4. The molecule has 2 rings (SSSR count). The monoisotopic (exact) mass is 306 g/mol. The van der Waals surface area contributed by atoms with E-state index in [0.29, 0.717) is 16.1 Å². The molecule has 0 aliphatic carbocycles. The highest BCUT2D eigenvalue weighted by Gasteiger charge is 2.18. The minimum absolute atomic E-state index is 0.0956. The van der Waals surface area contributed by atoms with Crippen molar-refractivity contribution >= 4 is 34.8 Å². The van der Waals surface area contributed by atoms with Gasteiger partial charge in [0.1, 0.15) is 0 Å². The van der Waals surface area contributed by atoms with E-state index in [4.69, 9.17) is 39.5 Å². The molecule has 0 aromatic heterocycles. The fraction of sp³-hybridized carbons (Fsp3) is 0.571. The van der Waals surface area contributed by atoms with Gasteiger partial charge in [0.15, 0.2) is 0 Å². The zero-order valence-electron chi connectivity index (χ0n) is 10.2. The van der Waals surface area contributed by atoms with Gasteiger partial charge in [-0.25, -0.2) is 0 Å². The maximum absolute atomic E-state index is 6.40. The standard InChI is InChI=1S/C14H17Cl3O/c15-10-4-6-13(16)12(9-10)14(17)7-5-11-3-1-2-8-18-11/h4,6,9,11,14H,1-3,5,7-8H2. The largest absolute Gasteiger partial charge is 0.378 e. The zero-order chi connectivity index (χ0) is 13.0. The first kappa shape index (κ1) is 14.5. The smallest absolute Gasteiger partial charge is 0.0601 e. The third-order valence-corrected chi connectivity index (χ3v) is 4.34. The molecule has 18 heavy (non-hydrogen) atoms. The van der Waals surface area contributed by atoms with Crippen LogP contribution in [0, 0.1) is 0 Å². The highest BCUT2D eigenvalue weighted by Crippen LogP contribution is 2.34. The highest BCUT2D eigenvalue weighted by atomic mass is 35.5. The SMILES string of the molecule is Clc1ccc(Cl)c(C(Cl)CCC2CCCCO2)c1. The van der Waals surface area contributed by atoms with E-state index in [2.05, 4.69) is 0 Å². The van der Waals surface area contributed by atoms with E-state index < -0.39 is 0 Å². The summed E-state index contributed by atoms with van der Waals surface area (Å²) in [5.74, 6) is 0. The summed E-state index contributed by atoms with van der Waals surface area (Å²) in [6.07, 6.45) is 5.80. The molecule has 2 unspecified atom stereocenters. The molecule has 0 N–H and O–H groups in total. The van der Waals surface area contributed by atoms with Crippen LogP contribution >= 0.6 is 34.8 Å². The number of hydrogen-bond donors (Lipinski definition) is 0. The molecule has 0 radical (unpaired) electrons. The molecule has 1 nitrogen and oxygen atoms in total. The number of ether oxygens (including phenoxy) is 1. The van der Waals surface area contributed by atoms with Gasteiger partial charge in [-0.1, -0.05) is 23.2 Å². The average Bonchev–Trinajstić information content (AvgIpc) is 2.40. The van der Waals surface area contributed by atoms with E-state index >= 15 is 0 Å². The molecule has 0 saturated carbocycles. The number of alkyl halides is 1. The molecule has 0 amide bonds. The summed E-state index contributed by atoms with van der Waals surface area (Å²) < 4.78 is 5.70. The molecule has 1 fully saturated rings. The van der Waals surface area contributed by atoms with E-state index in [1.165, 1.54) is 12.8 Å². The first-order valence-corrected chi connectivity index (χ1v) is 7.56. The quantitative estimate of drug-likeness (QED) is 0.656. The summed E-state index contributed by atoms with van der Waals surface area (Å²) in [7, 11) is 0. The van der Waals surface area contributed by atoms with Gasteiger partial charge < -0.3 is 4.74 Å². The fourth-order valence-electron chi connectivity index (χ4n) is 2.28. The number of benzene rings is 1. The van der Waals surface area contributed by atoms with E-state index in [1.54, 1.807) is 12.1 Å². The van der Waals surface area contributed by atoms with Crippen LogP contribution in [0.3, 0.4) is 0 Å². The van der Waals surface area contributed by atoms with Crippen LogP contribution in [0.15, 0.2) is 18.2 Å². The summed E-state index contributed by atoms with van der Waals surface area (Å²) in [5.41, 5.74) is 0.918. The van der Waals surface area contributed by atoms with Crippen LogP contribution in [0.2, 0.25) is 10.0 Å². The lowest BCUT2D eigenvalue weighted by Gasteiger charge is -2.23.